The van der Waals surface area contributed by atoms with Crippen LogP contribution in [0.5, 0.6) is 5.75 Å². The summed E-state index contributed by atoms with van der Waals surface area (Å²) in [6, 6.07) is 6.51. The third-order valence-corrected chi connectivity index (χ3v) is 3.93. The molecule has 1 heterocycles. The molecule has 2 rings (SSSR count). The van der Waals surface area contributed by atoms with E-state index >= 15 is 0 Å². The van der Waals surface area contributed by atoms with E-state index in [-0.39, 0.29) is 24.0 Å². The predicted octanol–water partition coefficient (Wildman–Crippen LogP) is 3.26. The van der Waals surface area contributed by atoms with Crippen LogP contribution >= 0.6 is 24.0 Å². The fourth-order valence-corrected chi connectivity index (χ4v) is 2.68. The number of nitrogens with one attached hydrogen (secondary N) is 1. The molecule has 1 aliphatic rings. The number of guanidine groups is 1. The van der Waals surface area contributed by atoms with Crippen LogP contribution in [-0.2, 0) is 12.8 Å². The smallest absolute Gasteiger partial charge is 0.193 e. The van der Waals surface area contributed by atoms with Crippen molar-refractivity contribution < 1.29 is 4.74 Å². The van der Waals surface area contributed by atoms with Gasteiger partial charge in [-0.3, -0.25) is 4.99 Å². The van der Waals surface area contributed by atoms with E-state index in [1.165, 1.54) is 11.1 Å². The Morgan fingerprint density at radius 1 is 1.48 bits per heavy atom. The van der Waals surface area contributed by atoms with Gasteiger partial charge < -0.3 is 15.0 Å². The Balaban J connectivity index is 0.00000264. The molecule has 0 unspecified atom stereocenters. The zero-order valence-corrected chi connectivity index (χ0v) is 16.5. The number of rotatable bonds is 7. The number of benzene rings is 1. The summed E-state index contributed by atoms with van der Waals surface area (Å²) >= 11 is 0. The van der Waals surface area contributed by atoms with Crippen molar-refractivity contribution >= 4 is 29.9 Å². The maximum Gasteiger partial charge on any atom is 0.193 e. The summed E-state index contributed by atoms with van der Waals surface area (Å²) in [4.78, 5) is 6.51. The van der Waals surface area contributed by atoms with Gasteiger partial charge in [0, 0.05) is 33.6 Å². The Kier molecular flexibility index (Phi) is 9.06. The van der Waals surface area contributed by atoms with E-state index in [1.807, 2.05) is 13.1 Å². The lowest BCUT2D eigenvalue weighted by molar-refractivity contribution is 0.357. The lowest BCUT2D eigenvalue weighted by Gasteiger charge is -2.21. The largest absolute Gasteiger partial charge is 0.493 e. The third-order valence-electron chi connectivity index (χ3n) is 3.93. The van der Waals surface area contributed by atoms with Gasteiger partial charge in [0.1, 0.15) is 5.75 Å². The van der Waals surface area contributed by atoms with E-state index in [2.05, 4.69) is 47.0 Å². The van der Waals surface area contributed by atoms with Crippen molar-refractivity contribution in [3.63, 3.8) is 0 Å². The number of hydrogen-bond acceptors (Lipinski definition) is 2. The molecule has 1 N–H and O–H groups in total. The zero-order chi connectivity index (χ0) is 15.8. The van der Waals surface area contributed by atoms with E-state index in [1.54, 1.807) is 0 Å². The minimum absolute atomic E-state index is 0. The van der Waals surface area contributed by atoms with Gasteiger partial charge in [0.05, 0.1) is 6.61 Å². The Morgan fingerprint density at radius 3 is 3.04 bits per heavy atom. The fraction of sp³-hybridized carbons (Fsp3) is 0.500. The quantitative estimate of drug-likeness (QED) is 0.238. The molecule has 0 spiro atoms. The summed E-state index contributed by atoms with van der Waals surface area (Å²) in [6.07, 6.45) is 6.13. The molecule has 0 saturated heterocycles. The number of hydrogen-bond donors (Lipinski definition) is 1. The van der Waals surface area contributed by atoms with E-state index < -0.39 is 0 Å². The van der Waals surface area contributed by atoms with Crippen molar-refractivity contribution in [2.45, 2.75) is 25.7 Å². The van der Waals surface area contributed by atoms with Crippen molar-refractivity contribution in [3.8, 4) is 5.75 Å². The molecular formula is C18H28IN3O. The van der Waals surface area contributed by atoms with Crippen molar-refractivity contribution in [1.29, 1.82) is 0 Å². The monoisotopic (exact) mass is 429 g/mol. The molecule has 0 amide bonds. The van der Waals surface area contributed by atoms with Gasteiger partial charge in [-0.15, -0.1) is 30.6 Å². The van der Waals surface area contributed by atoms with Crippen molar-refractivity contribution in [1.82, 2.24) is 10.2 Å². The first-order valence-corrected chi connectivity index (χ1v) is 8.02. The first-order valence-electron chi connectivity index (χ1n) is 8.02. The van der Waals surface area contributed by atoms with Gasteiger partial charge in [-0.1, -0.05) is 18.2 Å². The lowest BCUT2D eigenvalue weighted by atomic mass is 10.1. The minimum Gasteiger partial charge on any atom is -0.493 e. The average molecular weight is 429 g/mol. The number of halogens is 1. The molecule has 1 aliphatic heterocycles. The highest BCUT2D eigenvalue weighted by Crippen LogP contribution is 2.25. The van der Waals surface area contributed by atoms with Crippen LogP contribution in [0, 0.1) is 0 Å². The normalized spacial score (nSPS) is 12.9. The second kappa shape index (κ2) is 10.5. The molecule has 0 saturated carbocycles. The molecule has 0 bridgehead atoms. The van der Waals surface area contributed by atoms with Crippen LogP contribution in [0.15, 0.2) is 35.8 Å². The first-order chi connectivity index (χ1) is 10.7. The zero-order valence-electron chi connectivity index (χ0n) is 14.2. The lowest BCUT2D eigenvalue weighted by Crippen LogP contribution is -2.40. The molecule has 0 radical (unpaired) electrons. The molecule has 0 aromatic heterocycles. The van der Waals surface area contributed by atoms with Gasteiger partial charge in [0.15, 0.2) is 5.96 Å². The van der Waals surface area contributed by atoms with Gasteiger partial charge in [0.2, 0.25) is 0 Å². The second-order valence-corrected chi connectivity index (χ2v) is 5.62. The average Bonchev–Trinajstić information content (AvgIpc) is 2.99. The molecule has 1 aromatic rings. The molecule has 4 nitrogen and oxygen atoms in total. The Labute approximate surface area is 157 Å². The van der Waals surface area contributed by atoms with E-state index in [4.69, 9.17) is 4.74 Å². The van der Waals surface area contributed by atoms with Gasteiger partial charge >= 0.3 is 0 Å². The van der Waals surface area contributed by atoms with Crippen LogP contribution < -0.4 is 10.1 Å². The van der Waals surface area contributed by atoms with Gasteiger partial charge in [-0.05, 0) is 36.5 Å². The molecule has 5 heteroatoms. The summed E-state index contributed by atoms with van der Waals surface area (Å²) < 4.78 is 5.54. The van der Waals surface area contributed by atoms with E-state index in [0.717, 1.165) is 57.1 Å². The van der Waals surface area contributed by atoms with Gasteiger partial charge in [-0.2, -0.15) is 0 Å². The number of aliphatic imine (C=N–C) groups is 1. The summed E-state index contributed by atoms with van der Waals surface area (Å²) in [5, 5.41) is 3.43. The van der Waals surface area contributed by atoms with Crippen molar-refractivity contribution in [2.24, 2.45) is 4.99 Å². The number of fused-ring (bicyclic) bond motifs is 1. The standard InChI is InChI=1S/C18H27N3O.HI/c1-4-5-6-12-21(3)18(19-2)20-11-9-15-7-8-17-16(14-15)10-13-22-17;/h4,7-8,14H,1,5-6,9-13H2,2-3H3,(H,19,20);1H. The number of allylic oxidation sites excluding steroid dienone is 1. The predicted molar refractivity (Wildman–Crippen MR) is 108 cm³/mol. The number of ether oxygens (including phenoxy) is 1. The van der Waals surface area contributed by atoms with Crippen LogP contribution in [-0.4, -0.2) is 44.7 Å². The molecular weight excluding hydrogens is 401 g/mol. The Hall–Kier alpha value is -1.24. The molecule has 0 atom stereocenters. The molecule has 0 fully saturated rings. The van der Waals surface area contributed by atoms with E-state index in [0.29, 0.717) is 0 Å². The SMILES string of the molecule is C=CCCCN(C)C(=NC)NCCc1ccc2c(c1)CCO2.I. The number of unbranched alkanes of at least 4 members (excludes halogenated alkanes) is 1. The maximum absolute atomic E-state index is 5.54. The summed E-state index contributed by atoms with van der Waals surface area (Å²) in [6.45, 7) is 6.45. The Bertz CT molecular complexity index is 531. The van der Waals surface area contributed by atoms with Crippen LogP contribution in [0.3, 0.4) is 0 Å². The highest BCUT2D eigenvalue weighted by molar-refractivity contribution is 14.0. The fourth-order valence-electron chi connectivity index (χ4n) is 2.68. The van der Waals surface area contributed by atoms with Gasteiger partial charge in [0.25, 0.3) is 0 Å². The van der Waals surface area contributed by atoms with Crippen molar-refractivity contribution in [2.75, 3.05) is 33.8 Å². The molecule has 23 heavy (non-hydrogen) atoms. The second-order valence-electron chi connectivity index (χ2n) is 5.62. The van der Waals surface area contributed by atoms with E-state index in [9.17, 15) is 0 Å². The summed E-state index contributed by atoms with van der Waals surface area (Å²) in [7, 11) is 3.91. The van der Waals surface area contributed by atoms with Crippen LogP contribution in [0.2, 0.25) is 0 Å². The third kappa shape index (κ3) is 6.05. The molecule has 128 valence electrons. The maximum atomic E-state index is 5.54. The number of nitrogens with zero attached hydrogens (tertiary/aromatic N) is 2. The minimum atomic E-state index is 0. The summed E-state index contributed by atoms with van der Waals surface area (Å²) in [5.41, 5.74) is 2.69. The van der Waals surface area contributed by atoms with Crippen LogP contribution in [0.1, 0.15) is 24.0 Å². The highest BCUT2D eigenvalue weighted by Gasteiger charge is 2.12. The van der Waals surface area contributed by atoms with Crippen LogP contribution in [0.25, 0.3) is 0 Å². The van der Waals surface area contributed by atoms with Crippen molar-refractivity contribution in [3.05, 3.63) is 42.0 Å². The summed E-state index contributed by atoms with van der Waals surface area (Å²) in [5.74, 6) is 2.00. The van der Waals surface area contributed by atoms with Gasteiger partial charge in [-0.25, -0.2) is 0 Å². The molecule has 0 aliphatic carbocycles. The topological polar surface area (TPSA) is 36.9 Å². The molecule has 1 aromatic carbocycles. The Morgan fingerprint density at radius 2 is 2.30 bits per heavy atom. The highest BCUT2D eigenvalue weighted by atomic mass is 127. The van der Waals surface area contributed by atoms with Crippen LogP contribution in [0.4, 0.5) is 0 Å². The first kappa shape index (κ1) is 19.8.